The maximum atomic E-state index is 12.5. The first-order valence-electron chi connectivity index (χ1n) is 9.67. The summed E-state index contributed by atoms with van der Waals surface area (Å²) >= 11 is 0. The van der Waals surface area contributed by atoms with Gasteiger partial charge in [-0.05, 0) is 44.2 Å². The molecule has 0 aromatic heterocycles. The molecule has 27 heavy (non-hydrogen) atoms. The van der Waals surface area contributed by atoms with Crippen molar-refractivity contribution in [1.29, 1.82) is 0 Å². The van der Waals surface area contributed by atoms with Gasteiger partial charge in [0.25, 0.3) is 5.91 Å². The Bertz CT molecular complexity index is 656. The lowest BCUT2D eigenvalue weighted by Crippen LogP contribution is -2.50. The number of hydrogen-bond donors (Lipinski definition) is 2. The van der Waals surface area contributed by atoms with E-state index in [4.69, 9.17) is 4.74 Å². The Balaban J connectivity index is 1.41. The summed E-state index contributed by atoms with van der Waals surface area (Å²) in [7, 11) is 0. The number of ether oxygens (including phenoxy) is 1. The van der Waals surface area contributed by atoms with Crippen LogP contribution in [0.3, 0.4) is 0 Å². The molecule has 0 spiro atoms. The van der Waals surface area contributed by atoms with Crippen LogP contribution < -0.4 is 15.4 Å². The van der Waals surface area contributed by atoms with Crippen molar-refractivity contribution >= 4 is 17.7 Å². The van der Waals surface area contributed by atoms with E-state index in [-0.39, 0.29) is 30.2 Å². The minimum Gasteiger partial charge on any atom is -0.484 e. The van der Waals surface area contributed by atoms with Gasteiger partial charge in [0.15, 0.2) is 6.61 Å². The van der Waals surface area contributed by atoms with E-state index in [0.717, 1.165) is 12.8 Å². The zero-order valence-electron chi connectivity index (χ0n) is 15.5. The van der Waals surface area contributed by atoms with Gasteiger partial charge in [-0.25, -0.2) is 0 Å². The number of amides is 3. The van der Waals surface area contributed by atoms with Crippen molar-refractivity contribution in [2.24, 2.45) is 5.92 Å². The van der Waals surface area contributed by atoms with Gasteiger partial charge in [-0.3, -0.25) is 14.4 Å². The summed E-state index contributed by atoms with van der Waals surface area (Å²) in [5, 5.41) is 5.72. The maximum Gasteiger partial charge on any atom is 0.260 e. The molecule has 146 valence electrons. The highest BCUT2D eigenvalue weighted by Crippen LogP contribution is 2.19. The van der Waals surface area contributed by atoms with E-state index in [1.807, 2.05) is 30.3 Å². The van der Waals surface area contributed by atoms with Gasteiger partial charge in [-0.15, -0.1) is 0 Å². The third kappa shape index (κ3) is 5.45. The van der Waals surface area contributed by atoms with Crippen molar-refractivity contribution < 1.29 is 19.1 Å². The summed E-state index contributed by atoms with van der Waals surface area (Å²) < 4.78 is 5.50. The van der Waals surface area contributed by atoms with Gasteiger partial charge in [0.05, 0.1) is 0 Å². The maximum absolute atomic E-state index is 12.5. The van der Waals surface area contributed by atoms with E-state index in [9.17, 15) is 14.4 Å². The molecule has 7 nitrogen and oxygen atoms in total. The largest absolute Gasteiger partial charge is 0.484 e. The monoisotopic (exact) mass is 373 g/mol. The Kier molecular flexibility index (Phi) is 6.68. The third-order valence-electron chi connectivity index (χ3n) is 5.18. The molecule has 1 aromatic rings. The molecular weight excluding hydrogens is 346 g/mol. The first-order valence-corrected chi connectivity index (χ1v) is 9.67. The molecule has 3 amide bonds. The first kappa shape index (κ1) is 19.2. The highest BCUT2D eigenvalue weighted by molar-refractivity contribution is 5.88. The van der Waals surface area contributed by atoms with Crippen molar-refractivity contribution in [3.8, 4) is 5.75 Å². The van der Waals surface area contributed by atoms with Crippen LogP contribution in [0.5, 0.6) is 5.75 Å². The average molecular weight is 373 g/mol. The normalized spacial score (nSPS) is 21.1. The highest BCUT2D eigenvalue weighted by atomic mass is 16.5. The molecule has 3 rings (SSSR count). The van der Waals surface area contributed by atoms with Crippen LogP contribution in [-0.2, 0) is 14.4 Å². The van der Waals surface area contributed by atoms with Crippen molar-refractivity contribution in [3.63, 3.8) is 0 Å². The van der Waals surface area contributed by atoms with Gasteiger partial charge in [0, 0.05) is 25.6 Å². The number of likely N-dealkylation sites (tertiary alicyclic amines) is 1. The first-order chi connectivity index (χ1) is 13.1. The van der Waals surface area contributed by atoms with E-state index >= 15 is 0 Å². The van der Waals surface area contributed by atoms with Crippen molar-refractivity contribution in [1.82, 2.24) is 15.5 Å². The summed E-state index contributed by atoms with van der Waals surface area (Å²) in [6.07, 6.45) is 3.78. The molecule has 1 unspecified atom stereocenters. The van der Waals surface area contributed by atoms with E-state index in [0.29, 0.717) is 44.6 Å². The number of hydrogen-bond acceptors (Lipinski definition) is 4. The number of para-hydroxylation sites is 1. The van der Waals surface area contributed by atoms with Crippen LogP contribution in [0.25, 0.3) is 0 Å². The lowest BCUT2D eigenvalue weighted by molar-refractivity contribution is -0.138. The fraction of sp³-hybridized carbons (Fsp3) is 0.550. The van der Waals surface area contributed by atoms with Gasteiger partial charge < -0.3 is 20.3 Å². The second kappa shape index (κ2) is 9.39. The predicted octanol–water partition coefficient (Wildman–Crippen LogP) is 1.09. The predicted molar refractivity (Wildman–Crippen MR) is 100 cm³/mol. The van der Waals surface area contributed by atoms with E-state index < -0.39 is 6.04 Å². The molecule has 2 aliphatic rings. The molecule has 2 aliphatic heterocycles. The average Bonchev–Trinajstić information content (AvgIpc) is 2.91. The summed E-state index contributed by atoms with van der Waals surface area (Å²) in [6.45, 7) is 1.75. The van der Waals surface area contributed by atoms with Crippen LogP contribution in [0.2, 0.25) is 0 Å². The topological polar surface area (TPSA) is 87.7 Å². The molecule has 2 saturated heterocycles. The zero-order valence-corrected chi connectivity index (χ0v) is 15.5. The van der Waals surface area contributed by atoms with Crippen LogP contribution in [0, 0.1) is 5.92 Å². The molecule has 2 N–H and O–H groups in total. The smallest absolute Gasteiger partial charge is 0.260 e. The van der Waals surface area contributed by atoms with Gasteiger partial charge in [0.2, 0.25) is 11.8 Å². The Morgan fingerprint density at radius 1 is 1.11 bits per heavy atom. The van der Waals surface area contributed by atoms with Crippen molar-refractivity contribution in [3.05, 3.63) is 30.3 Å². The number of carbonyl (C=O) groups is 3. The molecule has 0 aliphatic carbocycles. The highest BCUT2D eigenvalue weighted by Gasteiger charge is 2.30. The number of carbonyl (C=O) groups excluding carboxylic acids is 3. The molecular formula is C20H27N3O4. The van der Waals surface area contributed by atoms with Gasteiger partial charge >= 0.3 is 0 Å². The summed E-state index contributed by atoms with van der Waals surface area (Å²) in [5.74, 6) is 0.277. The van der Waals surface area contributed by atoms with E-state index in [1.165, 1.54) is 0 Å². The number of nitrogens with one attached hydrogen (secondary N) is 2. The fourth-order valence-corrected chi connectivity index (χ4v) is 3.51. The summed E-state index contributed by atoms with van der Waals surface area (Å²) in [6, 6.07) is 8.81. The molecule has 0 radical (unpaired) electrons. The Labute approximate surface area is 159 Å². The molecule has 7 heteroatoms. The minimum absolute atomic E-state index is 0.00310. The van der Waals surface area contributed by atoms with Crippen LogP contribution in [0.4, 0.5) is 0 Å². The zero-order chi connectivity index (χ0) is 19.1. The van der Waals surface area contributed by atoms with Crippen LogP contribution >= 0.6 is 0 Å². The van der Waals surface area contributed by atoms with Crippen molar-refractivity contribution in [2.45, 2.75) is 38.1 Å². The number of rotatable bonds is 5. The fourth-order valence-electron chi connectivity index (χ4n) is 3.51. The SMILES string of the molecule is O=C(NC1CCCCNC1=O)C1CCN(C(=O)COc2ccccc2)CC1. The molecule has 1 atom stereocenters. The van der Waals surface area contributed by atoms with Crippen LogP contribution in [0.15, 0.2) is 30.3 Å². The van der Waals surface area contributed by atoms with E-state index in [1.54, 1.807) is 4.90 Å². The van der Waals surface area contributed by atoms with Gasteiger partial charge in [-0.1, -0.05) is 18.2 Å². The number of benzene rings is 1. The molecule has 2 fully saturated rings. The van der Waals surface area contributed by atoms with Crippen molar-refractivity contribution in [2.75, 3.05) is 26.2 Å². The van der Waals surface area contributed by atoms with Crippen LogP contribution in [-0.4, -0.2) is 54.9 Å². The lowest BCUT2D eigenvalue weighted by Gasteiger charge is -2.32. The van der Waals surface area contributed by atoms with Crippen LogP contribution in [0.1, 0.15) is 32.1 Å². The second-order valence-electron chi connectivity index (χ2n) is 7.10. The quantitative estimate of drug-likeness (QED) is 0.809. The molecule has 0 bridgehead atoms. The second-order valence-corrected chi connectivity index (χ2v) is 7.10. The lowest BCUT2D eigenvalue weighted by atomic mass is 9.95. The Morgan fingerprint density at radius 2 is 1.85 bits per heavy atom. The number of nitrogens with zero attached hydrogens (tertiary/aromatic N) is 1. The van der Waals surface area contributed by atoms with Gasteiger partial charge in [0.1, 0.15) is 11.8 Å². The summed E-state index contributed by atoms with van der Waals surface area (Å²) in [4.78, 5) is 38.5. The molecule has 0 saturated carbocycles. The van der Waals surface area contributed by atoms with E-state index in [2.05, 4.69) is 10.6 Å². The van der Waals surface area contributed by atoms with Gasteiger partial charge in [-0.2, -0.15) is 0 Å². The third-order valence-corrected chi connectivity index (χ3v) is 5.18. The summed E-state index contributed by atoms with van der Waals surface area (Å²) in [5.41, 5.74) is 0. The number of piperidine rings is 1. The standard InChI is InChI=1S/C20H27N3O4/c24-18(14-27-16-6-2-1-3-7-16)23-12-9-15(10-13-23)19(25)22-17-8-4-5-11-21-20(17)26/h1-3,6-7,15,17H,4-5,8-14H2,(H,21,26)(H,22,25). The molecule has 2 heterocycles. The Morgan fingerprint density at radius 3 is 2.59 bits per heavy atom. The minimum atomic E-state index is -0.432. The Hall–Kier alpha value is -2.57. The molecule has 1 aromatic carbocycles.